The van der Waals surface area contributed by atoms with Crippen LogP contribution in [0.2, 0.25) is 0 Å². The molecule has 5 heteroatoms. The quantitative estimate of drug-likeness (QED) is 0.731. The molecule has 0 aliphatic carbocycles. The van der Waals surface area contributed by atoms with Gasteiger partial charge >= 0.3 is 0 Å². The maximum absolute atomic E-state index is 4.48. The Labute approximate surface area is 124 Å². The van der Waals surface area contributed by atoms with Gasteiger partial charge < -0.3 is 5.32 Å². The van der Waals surface area contributed by atoms with Crippen LogP contribution in [-0.2, 0) is 6.42 Å². The zero-order valence-corrected chi connectivity index (χ0v) is 12.4. The van der Waals surface area contributed by atoms with Crippen molar-refractivity contribution in [1.82, 2.24) is 19.6 Å². The average molecular weight is 281 g/mol. The number of aromatic nitrogens is 4. The van der Waals surface area contributed by atoms with Crippen LogP contribution in [0.5, 0.6) is 0 Å². The van der Waals surface area contributed by atoms with Crippen molar-refractivity contribution in [2.24, 2.45) is 0 Å². The summed E-state index contributed by atoms with van der Waals surface area (Å²) in [7, 11) is 0. The molecule has 2 heterocycles. The SMILES string of the molecule is Cc1cc2nnc(CCCNc3ccccc3)n2c(C)n1. The minimum Gasteiger partial charge on any atom is -0.385 e. The van der Waals surface area contributed by atoms with Gasteiger partial charge in [-0.25, -0.2) is 4.98 Å². The fourth-order valence-electron chi connectivity index (χ4n) is 2.50. The molecule has 0 saturated heterocycles. The maximum Gasteiger partial charge on any atom is 0.164 e. The lowest BCUT2D eigenvalue weighted by molar-refractivity contribution is 0.772. The van der Waals surface area contributed by atoms with Gasteiger partial charge in [-0.3, -0.25) is 4.40 Å². The molecule has 5 nitrogen and oxygen atoms in total. The Morgan fingerprint density at radius 3 is 2.71 bits per heavy atom. The molecular formula is C16H19N5. The zero-order valence-electron chi connectivity index (χ0n) is 12.4. The third kappa shape index (κ3) is 3.02. The standard InChI is InChI=1S/C16H19N5/c1-12-11-16-20-19-15(21(16)13(2)18-12)9-6-10-17-14-7-4-3-5-8-14/h3-5,7-8,11,17H,6,9-10H2,1-2H3. The van der Waals surface area contributed by atoms with E-state index >= 15 is 0 Å². The zero-order chi connectivity index (χ0) is 14.7. The van der Waals surface area contributed by atoms with Crippen molar-refractivity contribution in [3.05, 3.63) is 53.7 Å². The highest BCUT2D eigenvalue weighted by Gasteiger charge is 2.08. The van der Waals surface area contributed by atoms with Gasteiger partial charge in [-0.15, -0.1) is 10.2 Å². The third-order valence-corrected chi connectivity index (χ3v) is 3.43. The second-order valence-corrected chi connectivity index (χ2v) is 5.15. The van der Waals surface area contributed by atoms with Crippen molar-refractivity contribution in [2.45, 2.75) is 26.7 Å². The molecule has 1 N–H and O–H groups in total. The van der Waals surface area contributed by atoms with E-state index in [0.717, 1.165) is 48.1 Å². The molecular weight excluding hydrogens is 262 g/mol. The predicted molar refractivity (Wildman–Crippen MR) is 83.5 cm³/mol. The van der Waals surface area contributed by atoms with Crippen LogP contribution in [0.1, 0.15) is 23.8 Å². The molecule has 0 atom stereocenters. The average Bonchev–Trinajstić information content (AvgIpc) is 2.88. The lowest BCUT2D eigenvalue weighted by atomic mass is 10.2. The molecule has 0 amide bonds. The van der Waals surface area contributed by atoms with Crippen LogP contribution in [0.3, 0.4) is 0 Å². The van der Waals surface area contributed by atoms with Gasteiger partial charge in [-0.1, -0.05) is 18.2 Å². The molecule has 0 fully saturated rings. The molecule has 21 heavy (non-hydrogen) atoms. The Bertz CT molecular complexity index is 733. The van der Waals surface area contributed by atoms with Crippen LogP contribution in [0, 0.1) is 13.8 Å². The smallest absolute Gasteiger partial charge is 0.164 e. The second-order valence-electron chi connectivity index (χ2n) is 5.15. The predicted octanol–water partition coefficient (Wildman–Crippen LogP) is 2.79. The van der Waals surface area contributed by atoms with Gasteiger partial charge in [0.2, 0.25) is 0 Å². The van der Waals surface area contributed by atoms with E-state index in [1.807, 2.05) is 42.5 Å². The van der Waals surface area contributed by atoms with E-state index in [-0.39, 0.29) is 0 Å². The van der Waals surface area contributed by atoms with E-state index in [4.69, 9.17) is 0 Å². The summed E-state index contributed by atoms with van der Waals surface area (Å²) in [6, 6.07) is 12.2. The first kappa shape index (κ1) is 13.5. The van der Waals surface area contributed by atoms with E-state index in [1.165, 1.54) is 0 Å². The van der Waals surface area contributed by atoms with E-state index in [2.05, 4.69) is 32.6 Å². The fourth-order valence-corrected chi connectivity index (χ4v) is 2.50. The highest BCUT2D eigenvalue weighted by Crippen LogP contribution is 2.10. The Hall–Kier alpha value is -2.43. The number of nitrogens with one attached hydrogen (secondary N) is 1. The summed E-state index contributed by atoms with van der Waals surface area (Å²) in [6.07, 6.45) is 1.88. The molecule has 3 aromatic rings. The molecule has 0 unspecified atom stereocenters. The number of rotatable bonds is 5. The van der Waals surface area contributed by atoms with Crippen LogP contribution in [0.4, 0.5) is 5.69 Å². The number of aryl methyl sites for hydroxylation is 3. The van der Waals surface area contributed by atoms with Crippen LogP contribution >= 0.6 is 0 Å². The first-order valence-electron chi connectivity index (χ1n) is 7.21. The van der Waals surface area contributed by atoms with Gasteiger partial charge in [0, 0.05) is 30.4 Å². The molecule has 3 rings (SSSR count). The minimum absolute atomic E-state index is 0.881. The number of hydrogen-bond acceptors (Lipinski definition) is 4. The van der Waals surface area contributed by atoms with E-state index in [0.29, 0.717) is 0 Å². The maximum atomic E-state index is 4.48. The molecule has 0 bridgehead atoms. The summed E-state index contributed by atoms with van der Waals surface area (Å²) in [5.41, 5.74) is 3.01. The number of para-hydroxylation sites is 1. The Morgan fingerprint density at radius 2 is 1.90 bits per heavy atom. The minimum atomic E-state index is 0.881. The van der Waals surface area contributed by atoms with E-state index in [9.17, 15) is 0 Å². The lowest BCUT2D eigenvalue weighted by Crippen LogP contribution is -2.06. The second kappa shape index (κ2) is 5.91. The van der Waals surface area contributed by atoms with Crippen LogP contribution in [0.15, 0.2) is 36.4 Å². The van der Waals surface area contributed by atoms with E-state index < -0.39 is 0 Å². The highest BCUT2D eigenvalue weighted by molar-refractivity contribution is 5.42. The van der Waals surface area contributed by atoms with Crippen LogP contribution in [-0.4, -0.2) is 26.1 Å². The normalized spacial score (nSPS) is 11.0. The first-order chi connectivity index (χ1) is 10.2. The molecule has 0 aliphatic heterocycles. The summed E-state index contributed by atoms with van der Waals surface area (Å²) >= 11 is 0. The van der Waals surface area contributed by atoms with Crippen molar-refractivity contribution >= 4 is 11.3 Å². The molecule has 0 spiro atoms. The van der Waals surface area contributed by atoms with Gasteiger partial charge in [-0.05, 0) is 32.4 Å². The van der Waals surface area contributed by atoms with Gasteiger partial charge in [-0.2, -0.15) is 0 Å². The summed E-state index contributed by atoms with van der Waals surface area (Å²) in [5, 5.41) is 11.9. The molecule has 0 saturated carbocycles. The molecule has 108 valence electrons. The number of benzene rings is 1. The molecule has 0 aliphatic rings. The van der Waals surface area contributed by atoms with Gasteiger partial charge in [0.25, 0.3) is 0 Å². The third-order valence-electron chi connectivity index (χ3n) is 3.43. The van der Waals surface area contributed by atoms with Gasteiger partial charge in [0.15, 0.2) is 5.65 Å². The van der Waals surface area contributed by atoms with Crippen LogP contribution < -0.4 is 5.32 Å². The topological polar surface area (TPSA) is 55.1 Å². The van der Waals surface area contributed by atoms with Crippen molar-refractivity contribution in [3.63, 3.8) is 0 Å². The molecule has 2 aromatic heterocycles. The number of hydrogen-bond donors (Lipinski definition) is 1. The number of anilines is 1. The fraction of sp³-hybridized carbons (Fsp3) is 0.312. The highest BCUT2D eigenvalue weighted by atomic mass is 15.3. The summed E-state index contributed by atoms with van der Waals surface area (Å²) in [4.78, 5) is 4.48. The van der Waals surface area contributed by atoms with Crippen LogP contribution in [0.25, 0.3) is 5.65 Å². The lowest BCUT2D eigenvalue weighted by Gasteiger charge is -2.06. The summed E-state index contributed by atoms with van der Waals surface area (Å²) < 4.78 is 2.04. The van der Waals surface area contributed by atoms with Gasteiger partial charge in [0.1, 0.15) is 11.6 Å². The molecule has 1 aromatic carbocycles. The first-order valence-corrected chi connectivity index (χ1v) is 7.21. The number of nitrogens with zero attached hydrogens (tertiary/aromatic N) is 4. The Kier molecular flexibility index (Phi) is 3.81. The van der Waals surface area contributed by atoms with Crippen molar-refractivity contribution in [3.8, 4) is 0 Å². The summed E-state index contributed by atoms with van der Waals surface area (Å²) in [5.74, 6) is 1.92. The molecule has 0 radical (unpaired) electrons. The monoisotopic (exact) mass is 281 g/mol. The number of fused-ring (bicyclic) bond motifs is 1. The van der Waals surface area contributed by atoms with Crippen molar-refractivity contribution < 1.29 is 0 Å². The van der Waals surface area contributed by atoms with Gasteiger partial charge in [0.05, 0.1) is 0 Å². The van der Waals surface area contributed by atoms with E-state index in [1.54, 1.807) is 0 Å². The largest absolute Gasteiger partial charge is 0.385 e. The van der Waals surface area contributed by atoms with Crippen molar-refractivity contribution in [1.29, 1.82) is 0 Å². The summed E-state index contributed by atoms with van der Waals surface area (Å²) in [6.45, 7) is 4.89. The Balaban J connectivity index is 1.63. The van der Waals surface area contributed by atoms with Crippen molar-refractivity contribution in [2.75, 3.05) is 11.9 Å². The Morgan fingerprint density at radius 1 is 1.10 bits per heavy atom.